The van der Waals surface area contributed by atoms with Gasteiger partial charge in [0, 0.05) is 23.1 Å². The zero-order valence-electron chi connectivity index (χ0n) is 15.5. The Balaban J connectivity index is 1.61. The number of halogens is 2. The molecule has 2 heterocycles. The standard InChI is InChI=1S/C18H16Cl2N2O6S2/c1-8(23)28-5-9-6-30-17-14(16(25)22(17)15(9)18(26)27)21-13(24)7-29-10-2-3-11(19)12(20)4-10/h2-4,14,17H,5-7H2,1H3,(H,21,24)(H,26,27)/t14-,17-/m1/s1. The number of hydrogen-bond donors (Lipinski definition) is 2. The molecule has 0 bridgehead atoms. The minimum absolute atomic E-state index is 0.0540. The van der Waals surface area contributed by atoms with Crippen LogP contribution in [0.3, 0.4) is 0 Å². The number of carbonyl (C=O) groups excluding carboxylic acids is 3. The van der Waals surface area contributed by atoms with Gasteiger partial charge in [0.2, 0.25) is 5.91 Å². The minimum atomic E-state index is -1.28. The van der Waals surface area contributed by atoms with Gasteiger partial charge in [0.25, 0.3) is 5.91 Å². The average Bonchev–Trinajstić information content (AvgIpc) is 2.70. The van der Waals surface area contributed by atoms with Gasteiger partial charge in [0.1, 0.15) is 23.7 Å². The van der Waals surface area contributed by atoms with Gasteiger partial charge in [-0.15, -0.1) is 23.5 Å². The summed E-state index contributed by atoms with van der Waals surface area (Å²) >= 11 is 14.4. The zero-order valence-corrected chi connectivity index (χ0v) is 18.7. The second-order valence-electron chi connectivity index (χ2n) is 6.36. The molecule has 1 fully saturated rings. The summed E-state index contributed by atoms with van der Waals surface area (Å²) in [6.45, 7) is 1.02. The van der Waals surface area contributed by atoms with Crippen molar-refractivity contribution in [3.05, 3.63) is 39.5 Å². The number of benzene rings is 1. The van der Waals surface area contributed by atoms with Crippen molar-refractivity contribution in [2.45, 2.75) is 23.2 Å². The molecule has 2 aliphatic heterocycles. The molecule has 2 aliphatic rings. The summed E-state index contributed by atoms with van der Waals surface area (Å²) in [6.07, 6.45) is 0. The van der Waals surface area contributed by atoms with E-state index in [-0.39, 0.29) is 29.7 Å². The smallest absolute Gasteiger partial charge is 0.352 e. The number of nitrogens with one attached hydrogen (secondary N) is 1. The summed E-state index contributed by atoms with van der Waals surface area (Å²) in [7, 11) is 0. The Bertz CT molecular complexity index is 955. The number of β-lactam (4-membered cyclic amide) rings is 1. The second kappa shape index (κ2) is 9.51. The number of carboxylic acid groups (broad SMARTS) is 1. The fourth-order valence-corrected chi connectivity index (χ4v) is 5.35. The second-order valence-corrected chi connectivity index (χ2v) is 9.33. The molecule has 12 heteroatoms. The van der Waals surface area contributed by atoms with Crippen LogP contribution in [0.25, 0.3) is 0 Å². The van der Waals surface area contributed by atoms with Crippen molar-refractivity contribution >= 4 is 70.5 Å². The van der Waals surface area contributed by atoms with Crippen molar-refractivity contribution in [3.63, 3.8) is 0 Å². The lowest BCUT2D eigenvalue weighted by molar-refractivity contribution is -0.150. The van der Waals surface area contributed by atoms with E-state index in [1.54, 1.807) is 18.2 Å². The van der Waals surface area contributed by atoms with E-state index in [4.69, 9.17) is 27.9 Å². The highest BCUT2D eigenvalue weighted by Gasteiger charge is 2.54. The third kappa shape index (κ3) is 4.88. The van der Waals surface area contributed by atoms with E-state index in [0.717, 1.165) is 9.80 Å². The number of carbonyl (C=O) groups is 4. The van der Waals surface area contributed by atoms with Crippen LogP contribution in [0.1, 0.15) is 6.92 Å². The SMILES string of the molecule is CC(=O)OCC1=C(C(=O)O)N2C(=O)[C@@H](NC(=O)CSc3ccc(Cl)c(Cl)c3)[C@H]2SC1. The van der Waals surface area contributed by atoms with E-state index < -0.39 is 29.3 Å². The van der Waals surface area contributed by atoms with Crippen LogP contribution in [-0.2, 0) is 23.9 Å². The summed E-state index contributed by atoms with van der Waals surface area (Å²) in [4.78, 5) is 49.4. The number of fused-ring (bicyclic) bond motifs is 1. The van der Waals surface area contributed by atoms with Gasteiger partial charge in [0.05, 0.1) is 15.8 Å². The van der Waals surface area contributed by atoms with Gasteiger partial charge < -0.3 is 15.2 Å². The number of rotatable bonds is 7. The van der Waals surface area contributed by atoms with Gasteiger partial charge in [0.15, 0.2) is 0 Å². The van der Waals surface area contributed by atoms with Gasteiger partial charge in [-0.2, -0.15) is 0 Å². The molecule has 160 valence electrons. The van der Waals surface area contributed by atoms with E-state index in [9.17, 15) is 24.3 Å². The largest absolute Gasteiger partial charge is 0.477 e. The first-order chi connectivity index (χ1) is 14.2. The number of esters is 1. The molecular weight excluding hydrogens is 475 g/mol. The predicted molar refractivity (Wildman–Crippen MR) is 114 cm³/mol. The Morgan fingerprint density at radius 2 is 2.07 bits per heavy atom. The van der Waals surface area contributed by atoms with Crippen LogP contribution in [0.5, 0.6) is 0 Å². The van der Waals surface area contributed by atoms with Crippen molar-refractivity contribution in [3.8, 4) is 0 Å². The molecule has 1 aromatic carbocycles. The lowest BCUT2D eigenvalue weighted by Crippen LogP contribution is -2.70. The lowest BCUT2D eigenvalue weighted by Gasteiger charge is -2.49. The molecule has 0 aliphatic carbocycles. The van der Waals surface area contributed by atoms with Crippen LogP contribution in [0, 0.1) is 0 Å². The number of hydrogen-bond acceptors (Lipinski definition) is 7. The molecule has 30 heavy (non-hydrogen) atoms. The van der Waals surface area contributed by atoms with Gasteiger partial charge in [-0.3, -0.25) is 19.3 Å². The number of ether oxygens (including phenoxy) is 1. The summed E-state index contributed by atoms with van der Waals surface area (Å²) in [5, 5.41) is 12.4. The van der Waals surface area contributed by atoms with Gasteiger partial charge >= 0.3 is 11.9 Å². The van der Waals surface area contributed by atoms with Gasteiger partial charge in [-0.25, -0.2) is 4.79 Å². The molecule has 0 saturated carbocycles. The molecule has 0 unspecified atom stereocenters. The highest BCUT2D eigenvalue weighted by atomic mass is 35.5. The third-order valence-corrected chi connectivity index (χ3v) is 7.35. The molecule has 1 aromatic rings. The Morgan fingerprint density at radius 3 is 2.70 bits per heavy atom. The zero-order chi connectivity index (χ0) is 22.0. The monoisotopic (exact) mass is 490 g/mol. The van der Waals surface area contributed by atoms with Crippen LogP contribution >= 0.6 is 46.7 Å². The highest BCUT2D eigenvalue weighted by Crippen LogP contribution is 2.40. The topological polar surface area (TPSA) is 113 Å². The van der Waals surface area contributed by atoms with Crippen molar-refractivity contribution in [2.75, 3.05) is 18.1 Å². The first-order valence-electron chi connectivity index (χ1n) is 8.59. The van der Waals surface area contributed by atoms with Crippen molar-refractivity contribution in [2.24, 2.45) is 0 Å². The first-order valence-corrected chi connectivity index (χ1v) is 11.4. The summed E-state index contributed by atoms with van der Waals surface area (Å²) in [6, 6.07) is 4.18. The predicted octanol–water partition coefficient (Wildman–Crippen LogP) is 2.39. The number of nitrogens with zero attached hydrogens (tertiary/aromatic N) is 1. The van der Waals surface area contributed by atoms with Crippen molar-refractivity contribution in [1.82, 2.24) is 10.2 Å². The summed E-state index contributed by atoms with van der Waals surface area (Å²) < 4.78 is 4.88. The fourth-order valence-electron chi connectivity index (χ4n) is 2.91. The quantitative estimate of drug-likeness (QED) is 0.340. The van der Waals surface area contributed by atoms with Crippen molar-refractivity contribution < 1.29 is 29.0 Å². The van der Waals surface area contributed by atoms with Crippen LogP contribution in [0.2, 0.25) is 10.0 Å². The van der Waals surface area contributed by atoms with E-state index in [2.05, 4.69) is 5.32 Å². The number of carboxylic acids is 1. The van der Waals surface area contributed by atoms with E-state index in [1.165, 1.54) is 30.4 Å². The number of thioether (sulfide) groups is 2. The van der Waals surface area contributed by atoms with Gasteiger partial charge in [-0.05, 0) is 18.2 Å². The molecule has 1 saturated heterocycles. The van der Waals surface area contributed by atoms with E-state index >= 15 is 0 Å². The van der Waals surface area contributed by atoms with Crippen LogP contribution in [-0.4, -0.2) is 63.3 Å². The van der Waals surface area contributed by atoms with Crippen molar-refractivity contribution in [1.29, 1.82) is 0 Å². The van der Waals surface area contributed by atoms with E-state index in [1.807, 2.05) is 0 Å². The molecule has 2 amide bonds. The molecule has 0 aromatic heterocycles. The van der Waals surface area contributed by atoms with Crippen LogP contribution in [0.15, 0.2) is 34.4 Å². The van der Waals surface area contributed by atoms with E-state index in [0.29, 0.717) is 15.6 Å². The highest BCUT2D eigenvalue weighted by molar-refractivity contribution is 8.00. The maximum atomic E-state index is 12.5. The molecule has 8 nitrogen and oxygen atoms in total. The first kappa shape index (κ1) is 22.8. The normalized spacial score (nSPS) is 20.4. The Labute approximate surface area is 190 Å². The molecule has 3 rings (SSSR count). The van der Waals surface area contributed by atoms with Crippen LogP contribution in [0.4, 0.5) is 0 Å². The maximum absolute atomic E-state index is 12.5. The molecule has 2 atom stereocenters. The molecule has 0 radical (unpaired) electrons. The number of amides is 2. The fraction of sp³-hybridized carbons (Fsp3) is 0.333. The summed E-state index contributed by atoms with van der Waals surface area (Å²) in [5.41, 5.74) is 0.146. The average molecular weight is 491 g/mol. The lowest BCUT2D eigenvalue weighted by atomic mass is 10.0. The molecular formula is C18H16Cl2N2O6S2. The Kier molecular flexibility index (Phi) is 7.22. The molecule has 2 N–H and O–H groups in total. The minimum Gasteiger partial charge on any atom is -0.477 e. The summed E-state index contributed by atoms with van der Waals surface area (Å²) in [5.74, 6) is -2.38. The Hall–Kier alpha value is -1.88. The van der Waals surface area contributed by atoms with Crippen LogP contribution < -0.4 is 5.32 Å². The number of aliphatic carboxylic acids is 1. The third-order valence-electron chi connectivity index (χ3n) is 4.28. The van der Waals surface area contributed by atoms with Gasteiger partial charge in [-0.1, -0.05) is 23.2 Å². The Morgan fingerprint density at radius 1 is 1.33 bits per heavy atom. The molecule has 0 spiro atoms. The maximum Gasteiger partial charge on any atom is 0.352 e.